The fourth-order valence-corrected chi connectivity index (χ4v) is 0.984. The van der Waals surface area contributed by atoms with E-state index in [0.29, 0.717) is 6.07 Å². The summed E-state index contributed by atoms with van der Waals surface area (Å²) in [6.07, 6.45) is -4.89. The van der Waals surface area contributed by atoms with Gasteiger partial charge in [-0.2, -0.15) is 13.2 Å². The normalized spacial score (nSPS) is 12.9. The third kappa shape index (κ3) is 2.30. The Bertz CT molecular complexity index is 401. The van der Waals surface area contributed by atoms with Gasteiger partial charge in [-0.05, 0) is 12.1 Å². The van der Waals surface area contributed by atoms with Crippen LogP contribution in [-0.2, 0) is 0 Å². The number of aromatic hydroxyl groups is 2. The van der Waals surface area contributed by atoms with Gasteiger partial charge < -0.3 is 15.4 Å². The van der Waals surface area contributed by atoms with E-state index >= 15 is 0 Å². The molecule has 0 atom stereocenters. The Morgan fingerprint density at radius 2 is 1.80 bits per heavy atom. The first-order chi connectivity index (χ1) is 6.86. The van der Waals surface area contributed by atoms with Gasteiger partial charge in [0, 0.05) is 6.07 Å². The van der Waals surface area contributed by atoms with E-state index in [4.69, 9.17) is 15.4 Å². The zero-order valence-electron chi connectivity index (χ0n) is 7.15. The lowest BCUT2D eigenvalue weighted by Crippen LogP contribution is -2.24. The van der Waals surface area contributed by atoms with Crippen molar-refractivity contribution in [3.63, 3.8) is 0 Å². The topological polar surface area (TPSA) is 73.1 Å². The lowest BCUT2D eigenvalue weighted by atomic mass is 10.1. The van der Waals surface area contributed by atoms with Crippen molar-refractivity contribution in [2.75, 3.05) is 0 Å². The molecule has 0 fully saturated rings. The van der Waals surface area contributed by atoms with Gasteiger partial charge in [-0.25, -0.2) is 0 Å². The van der Waals surface area contributed by atoms with Crippen molar-refractivity contribution in [1.29, 1.82) is 0 Å². The van der Waals surface area contributed by atoms with E-state index in [9.17, 15) is 13.2 Å². The van der Waals surface area contributed by atoms with Crippen LogP contribution in [0.3, 0.4) is 0 Å². The summed E-state index contributed by atoms with van der Waals surface area (Å²) in [4.78, 5) is 0. The second-order valence-electron chi connectivity index (χ2n) is 2.65. The summed E-state index contributed by atoms with van der Waals surface area (Å²) in [5.41, 5.74) is -2.33. The molecule has 7 heteroatoms. The number of halogens is 3. The first-order valence-electron chi connectivity index (χ1n) is 3.68. The number of oxime groups is 1. The van der Waals surface area contributed by atoms with Crippen LogP contribution < -0.4 is 0 Å². The highest BCUT2D eigenvalue weighted by molar-refractivity contribution is 6.06. The molecule has 0 bridgehead atoms. The molecule has 0 amide bonds. The maximum absolute atomic E-state index is 12.2. The Labute approximate surface area is 81.9 Å². The van der Waals surface area contributed by atoms with Crippen LogP contribution in [0.15, 0.2) is 23.4 Å². The van der Waals surface area contributed by atoms with Gasteiger partial charge in [-0.15, -0.1) is 0 Å². The van der Waals surface area contributed by atoms with Gasteiger partial charge in [-0.1, -0.05) is 5.16 Å². The van der Waals surface area contributed by atoms with Gasteiger partial charge in [-0.3, -0.25) is 0 Å². The minimum atomic E-state index is -4.89. The highest BCUT2D eigenvalue weighted by atomic mass is 19.4. The van der Waals surface area contributed by atoms with Gasteiger partial charge in [0.1, 0.15) is 11.5 Å². The van der Waals surface area contributed by atoms with Crippen molar-refractivity contribution in [2.24, 2.45) is 5.16 Å². The first-order valence-corrected chi connectivity index (χ1v) is 3.68. The molecule has 0 aromatic heterocycles. The summed E-state index contributed by atoms with van der Waals surface area (Å²) in [6.45, 7) is 0. The Morgan fingerprint density at radius 1 is 1.20 bits per heavy atom. The zero-order valence-corrected chi connectivity index (χ0v) is 7.15. The summed E-state index contributed by atoms with van der Waals surface area (Å²) >= 11 is 0. The molecule has 1 rings (SSSR count). The average molecular weight is 221 g/mol. The standard InChI is InChI=1S/C8H6F3NO3/c9-8(10,11)7(12-15)5-2-1-4(13)3-6(5)14/h1-3,13-15H/b12-7-. The molecule has 0 spiro atoms. The van der Waals surface area contributed by atoms with Crippen LogP contribution in [0.4, 0.5) is 13.2 Å². The van der Waals surface area contributed by atoms with Crippen molar-refractivity contribution in [3.05, 3.63) is 23.8 Å². The maximum Gasteiger partial charge on any atom is 0.437 e. The summed E-state index contributed by atoms with van der Waals surface area (Å²) in [5.74, 6) is -1.21. The number of phenolic OH excluding ortho intramolecular Hbond substituents is 2. The minimum Gasteiger partial charge on any atom is -0.508 e. The van der Waals surface area contributed by atoms with Crippen molar-refractivity contribution < 1.29 is 28.6 Å². The largest absolute Gasteiger partial charge is 0.508 e. The smallest absolute Gasteiger partial charge is 0.437 e. The van der Waals surface area contributed by atoms with Crippen LogP contribution in [0.2, 0.25) is 0 Å². The molecule has 0 heterocycles. The average Bonchev–Trinajstić information content (AvgIpc) is 2.07. The molecule has 82 valence electrons. The molecule has 15 heavy (non-hydrogen) atoms. The summed E-state index contributed by atoms with van der Waals surface area (Å²) < 4.78 is 36.7. The van der Waals surface area contributed by atoms with E-state index in [2.05, 4.69) is 5.16 Å². The molecule has 1 aromatic carbocycles. The van der Waals surface area contributed by atoms with Crippen LogP contribution >= 0.6 is 0 Å². The molecule has 3 N–H and O–H groups in total. The third-order valence-electron chi connectivity index (χ3n) is 1.60. The Balaban J connectivity index is 3.27. The van der Waals surface area contributed by atoms with Crippen LogP contribution in [0.25, 0.3) is 0 Å². The molecule has 0 aliphatic rings. The van der Waals surface area contributed by atoms with Crippen LogP contribution in [-0.4, -0.2) is 27.3 Å². The predicted octanol–water partition coefficient (Wildman–Crippen LogP) is 1.84. The highest BCUT2D eigenvalue weighted by Crippen LogP contribution is 2.29. The second kappa shape index (κ2) is 3.68. The quantitative estimate of drug-likeness (QED) is 0.385. The number of rotatable bonds is 1. The highest BCUT2D eigenvalue weighted by Gasteiger charge is 2.39. The van der Waals surface area contributed by atoms with Crippen molar-refractivity contribution in [3.8, 4) is 11.5 Å². The second-order valence-corrected chi connectivity index (χ2v) is 2.65. The van der Waals surface area contributed by atoms with Crippen molar-refractivity contribution in [1.82, 2.24) is 0 Å². The molecule has 0 saturated heterocycles. The van der Waals surface area contributed by atoms with Crippen LogP contribution in [0.5, 0.6) is 11.5 Å². The maximum atomic E-state index is 12.2. The van der Waals surface area contributed by atoms with Crippen LogP contribution in [0, 0.1) is 0 Å². The van der Waals surface area contributed by atoms with Gasteiger partial charge >= 0.3 is 6.18 Å². The molecule has 0 saturated carbocycles. The van der Waals surface area contributed by atoms with E-state index in [1.165, 1.54) is 0 Å². The molecule has 0 radical (unpaired) electrons. The molecule has 0 aliphatic carbocycles. The fraction of sp³-hybridized carbons (Fsp3) is 0.125. The number of nitrogens with zero attached hydrogens (tertiary/aromatic N) is 1. The van der Waals surface area contributed by atoms with Crippen molar-refractivity contribution in [2.45, 2.75) is 6.18 Å². The summed E-state index contributed by atoms with van der Waals surface area (Å²) in [7, 11) is 0. The molecule has 0 unspecified atom stereocenters. The van der Waals surface area contributed by atoms with E-state index in [-0.39, 0.29) is 0 Å². The van der Waals surface area contributed by atoms with E-state index in [1.807, 2.05) is 0 Å². The molecule has 4 nitrogen and oxygen atoms in total. The third-order valence-corrected chi connectivity index (χ3v) is 1.60. The lowest BCUT2D eigenvalue weighted by molar-refractivity contribution is -0.0602. The number of phenols is 2. The van der Waals surface area contributed by atoms with Crippen LogP contribution in [0.1, 0.15) is 5.56 Å². The monoisotopic (exact) mass is 221 g/mol. The first kappa shape index (κ1) is 11.2. The van der Waals surface area contributed by atoms with E-state index < -0.39 is 29.0 Å². The van der Waals surface area contributed by atoms with Gasteiger partial charge in [0.05, 0.1) is 5.56 Å². The fourth-order valence-electron chi connectivity index (χ4n) is 0.984. The summed E-state index contributed by atoms with van der Waals surface area (Å²) in [5, 5.41) is 28.2. The minimum absolute atomic E-state index is 0.393. The number of hydrogen-bond donors (Lipinski definition) is 3. The Hall–Kier alpha value is -1.92. The predicted molar refractivity (Wildman–Crippen MR) is 44.2 cm³/mol. The number of hydrogen-bond acceptors (Lipinski definition) is 4. The zero-order chi connectivity index (χ0) is 11.6. The van der Waals surface area contributed by atoms with Crippen molar-refractivity contribution >= 4 is 5.71 Å². The number of benzene rings is 1. The number of alkyl halides is 3. The molecular weight excluding hydrogens is 215 g/mol. The van der Waals surface area contributed by atoms with Gasteiger partial charge in [0.15, 0.2) is 5.71 Å². The molecular formula is C8H6F3NO3. The van der Waals surface area contributed by atoms with Gasteiger partial charge in [0.2, 0.25) is 0 Å². The summed E-state index contributed by atoms with van der Waals surface area (Å²) in [6, 6.07) is 2.45. The van der Waals surface area contributed by atoms with Gasteiger partial charge in [0.25, 0.3) is 0 Å². The van der Waals surface area contributed by atoms with E-state index in [1.54, 1.807) is 0 Å². The molecule has 0 aliphatic heterocycles. The molecule has 1 aromatic rings. The Morgan fingerprint density at radius 3 is 2.20 bits per heavy atom. The Kier molecular flexibility index (Phi) is 2.74. The van der Waals surface area contributed by atoms with E-state index in [0.717, 1.165) is 12.1 Å². The SMILES string of the molecule is O/N=C(/c1ccc(O)cc1O)C(F)(F)F. The lowest BCUT2D eigenvalue weighted by Gasteiger charge is -2.09.